The van der Waals surface area contributed by atoms with Crippen molar-refractivity contribution >= 4 is 33.7 Å². The van der Waals surface area contributed by atoms with Gasteiger partial charge in [-0.25, -0.2) is 0 Å². The summed E-state index contributed by atoms with van der Waals surface area (Å²) in [4.78, 5) is 28.9. The Morgan fingerprint density at radius 1 is 0.706 bits per heavy atom. The van der Waals surface area contributed by atoms with Gasteiger partial charge in [-0.15, -0.1) is 0 Å². The molecule has 8 heteroatoms. The molecule has 0 bridgehead atoms. The highest BCUT2D eigenvalue weighted by Crippen LogP contribution is 2.32. The van der Waals surface area contributed by atoms with Crippen LogP contribution in [0.25, 0.3) is 21.8 Å². The third kappa shape index (κ3) is 3.85. The molecule has 4 aromatic rings. The lowest BCUT2D eigenvalue weighted by molar-refractivity contribution is -0.140. The number of rotatable bonds is 2. The molecule has 0 unspecified atom stereocenters. The van der Waals surface area contributed by atoms with Crippen LogP contribution in [0.1, 0.15) is 48.4 Å². The van der Waals surface area contributed by atoms with Crippen molar-refractivity contribution < 1.29 is 19.8 Å². The largest absolute Gasteiger partial charge is 0.480 e. The number of nitrogens with one attached hydrogen (secondary N) is 4. The number of carbonyl (C=O) groups is 2. The number of H-pyrrole nitrogens is 2. The summed E-state index contributed by atoms with van der Waals surface area (Å²) in [6.07, 6.45) is 1.08. The minimum atomic E-state index is -0.784. The number of aliphatic carboxylic acids is 2. The number of para-hydroxylation sites is 2. The lowest BCUT2D eigenvalue weighted by Gasteiger charge is -2.26. The SMILES string of the molecule is C[C@@H]1N[C@H](C(=O)O)Cc2c1[nH]c1ccccc21.C[C@@H]1N[C@H](C(=O)O)Cc2c1[nH]c1ccccc21. The van der Waals surface area contributed by atoms with Crippen molar-refractivity contribution in [2.75, 3.05) is 0 Å². The molecule has 2 aliphatic rings. The summed E-state index contributed by atoms with van der Waals surface area (Å²) in [5, 5.41) is 26.7. The first-order valence-electron chi connectivity index (χ1n) is 11.5. The Morgan fingerprint density at radius 3 is 1.47 bits per heavy atom. The maximum atomic E-state index is 11.1. The number of hydrogen-bond acceptors (Lipinski definition) is 4. The monoisotopic (exact) mass is 460 g/mol. The first kappa shape index (κ1) is 22.2. The molecule has 4 heterocycles. The predicted molar refractivity (Wildman–Crippen MR) is 130 cm³/mol. The Balaban J connectivity index is 0.000000142. The van der Waals surface area contributed by atoms with E-state index in [1.54, 1.807) is 0 Å². The minimum Gasteiger partial charge on any atom is -0.480 e. The molecule has 6 N–H and O–H groups in total. The minimum absolute atomic E-state index is 0.0484. The normalized spacial score (nSPS) is 23.6. The van der Waals surface area contributed by atoms with Gasteiger partial charge in [-0.3, -0.25) is 20.2 Å². The van der Waals surface area contributed by atoms with Crippen molar-refractivity contribution in [1.29, 1.82) is 0 Å². The van der Waals surface area contributed by atoms with Gasteiger partial charge in [0.2, 0.25) is 0 Å². The van der Waals surface area contributed by atoms with Crippen LogP contribution < -0.4 is 10.6 Å². The fourth-order valence-corrected chi connectivity index (χ4v) is 5.23. The molecular weight excluding hydrogens is 432 g/mol. The van der Waals surface area contributed by atoms with E-state index in [1.165, 1.54) is 0 Å². The summed E-state index contributed by atoms with van der Waals surface area (Å²) in [6, 6.07) is 15.2. The van der Waals surface area contributed by atoms with Crippen LogP contribution in [0.5, 0.6) is 0 Å². The maximum absolute atomic E-state index is 11.1. The van der Waals surface area contributed by atoms with Crippen LogP contribution >= 0.6 is 0 Å². The van der Waals surface area contributed by atoms with Crippen molar-refractivity contribution in [1.82, 2.24) is 20.6 Å². The van der Waals surface area contributed by atoms with Gasteiger partial charge in [-0.2, -0.15) is 0 Å². The van der Waals surface area contributed by atoms with E-state index in [0.29, 0.717) is 12.8 Å². The lowest BCUT2D eigenvalue weighted by atomic mass is 9.95. The van der Waals surface area contributed by atoms with E-state index in [2.05, 4.69) is 20.6 Å². The maximum Gasteiger partial charge on any atom is 0.321 e. The molecule has 4 atom stereocenters. The lowest BCUT2D eigenvalue weighted by Crippen LogP contribution is -2.43. The number of aromatic amines is 2. The third-order valence-electron chi connectivity index (χ3n) is 6.87. The summed E-state index contributed by atoms with van der Waals surface area (Å²) in [5.41, 5.74) is 6.67. The average molecular weight is 461 g/mol. The van der Waals surface area contributed by atoms with Gasteiger partial charge in [-0.05, 0) is 37.1 Å². The average Bonchev–Trinajstić information content (AvgIpc) is 3.39. The van der Waals surface area contributed by atoms with Crippen molar-refractivity contribution in [3.63, 3.8) is 0 Å². The molecule has 6 rings (SSSR count). The van der Waals surface area contributed by atoms with Gasteiger partial charge in [0, 0.05) is 58.1 Å². The van der Waals surface area contributed by atoms with Crippen LogP contribution in [0.3, 0.4) is 0 Å². The zero-order valence-corrected chi connectivity index (χ0v) is 19.1. The summed E-state index contributed by atoms with van der Waals surface area (Å²) >= 11 is 0. The number of fused-ring (bicyclic) bond motifs is 6. The Labute approximate surface area is 196 Å². The summed E-state index contributed by atoms with van der Waals surface area (Å²) in [6.45, 7) is 3.98. The molecule has 0 saturated heterocycles. The summed E-state index contributed by atoms with van der Waals surface area (Å²) in [5.74, 6) is -1.57. The van der Waals surface area contributed by atoms with E-state index >= 15 is 0 Å². The molecule has 34 heavy (non-hydrogen) atoms. The highest BCUT2D eigenvalue weighted by atomic mass is 16.4. The summed E-state index contributed by atoms with van der Waals surface area (Å²) < 4.78 is 0. The fourth-order valence-electron chi connectivity index (χ4n) is 5.23. The summed E-state index contributed by atoms with van der Waals surface area (Å²) in [7, 11) is 0. The molecule has 176 valence electrons. The van der Waals surface area contributed by atoms with Crippen molar-refractivity contribution in [2.45, 2.75) is 50.9 Å². The molecule has 0 saturated carbocycles. The first-order chi connectivity index (χ1) is 16.3. The van der Waals surface area contributed by atoms with Gasteiger partial charge in [0.25, 0.3) is 0 Å². The number of carboxylic acids is 2. The van der Waals surface area contributed by atoms with Crippen LogP contribution in [-0.4, -0.2) is 44.2 Å². The standard InChI is InChI=1S/2C13H14N2O2/c2*1-7-12-9(6-11(14-7)13(16)17)8-4-2-3-5-10(8)15-12/h2*2-5,7,11,14-15H,6H2,1H3,(H,16,17)/t2*7-,11-/m00/s1. The fraction of sp³-hybridized carbons (Fsp3) is 0.308. The molecular formula is C26H28N4O4. The van der Waals surface area contributed by atoms with E-state index < -0.39 is 24.0 Å². The molecule has 8 nitrogen and oxygen atoms in total. The van der Waals surface area contributed by atoms with Gasteiger partial charge in [0.1, 0.15) is 12.1 Å². The van der Waals surface area contributed by atoms with Crippen LogP contribution in [0.15, 0.2) is 48.5 Å². The van der Waals surface area contributed by atoms with E-state index in [0.717, 1.165) is 44.3 Å². The first-order valence-corrected chi connectivity index (χ1v) is 11.5. The number of hydrogen-bond donors (Lipinski definition) is 6. The molecule has 2 aromatic heterocycles. The second-order valence-corrected chi connectivity index (χ2v) is 9.09. The molecule has 0 aliphatic carbocycles. The molecule has 0 amide bonds. The topological polar surface area (TPSA) is 130 Å². The van der Waals surface area contributed by atoms with E-state index in [4.69, 9.17) is 10.2 Å². The second-order valence-electron chi connectivity index (χ2n) is 9.09. The molecule has 2 aliphatic heterocycles. The van der Waals surface area contributed by atoms with Gasteiger partial charge in [-0.1, -0.05) is 36.4 Å². The number of benzene rings is 2. The van der Waals surface area contributed by atoms with E-state index in [9.17, 15) is 9.59 Å². The van der Waals surface area contributed by atoms with E-state index in [-0.39, 0.29) is 12.1 Å². The Morgan fingerprint density at radius 2 is 1.09 bits per heavy atom. The highest BCUT2D eigenvalue weighted by molar-refractivity contribution is 5.87. The van der Waals surface area contributed by atoms with Crippen molar-refractivity contribution in [3.8, 4) is 0 Å². The Kier molecular flexibility index (Phi) is 5.63. The van der Waals surface area contributed by atoms with Gasteiger partial charge < -0.3 is 20.2 Å². The highest BCUT2D eigenvalue weighted by Gasteiger charge is 2.31. The van der Waals surface area contributed by atoms with Crippen LogP contribution in [0.2, 0.25) is 0 Å². The van der Waals surface area contributed by atoms with Gasteiger partial charge in [0.15, 0.2) is 0 Å². The predicted octanol–water partition coefficient (Wildman–Crippen LogP) is 3.66. The Hall–Kier alpha value is -3.62. The number of carboxylic acid groups (broad SMARTS) is 2. The Bertz CT molecular complexity index is 1280. The van der Waals surface area contributed by atoms with Gasteiger partial charge in [0.05, 0.1) is 0 Å². The van der Waals surface area contributed by atoms with Crippen molar-refractivity contribution in [3.05, 3.63) is 71.0 Å². The zero-order chi connectivity index (χ0) is 24.0. The molecule has 0 radical (unpaired) electrons. The van der Waals surface area contributed by atoms with Crippen molar-refractivity contribution in [2.24, 2.45) is 0 Å². The number of aromatic nitrogens is 2. The molecule has 2 aromatic carbocycles. The van der Waals surface area contributed by atoms with E-state index in [1.807, 2.05) is 62.4 Å². The zero-order valence-electron chi connectivity index (χ0n) is 19.1. The van der Waals surface area contributed by atoms with Crippen LogP contribution in [-0.2, 0) is 22.4 Å². The third-order valence-corrected chi connectivity index (χ3v) is 6.87. The van der Waals surface area contributed by atoms with Gasteiger partial charge >= 0.3 is 11.9 Å². The van der Waals surface area contributed by atoms with Crippen LogP contribution in [0.4, 0.5) is 0 Å². The smallest absolute Gasteiger partial charge is 0.321 e. The van der Waals surface area contributed by atoms with Crippen LogP contribution in [0, 0.1) is 0 Å². The quantitative estimate of drug-likeness (QED) is 0.271. The second kappa shape index (κ2) is 8.62. The molecule has 0 spiro atoms. The molecule has 0 fully saturated rings.